The average Bonchev–Trinajstić information content (AvgIpc) is 2.29. The standard InChI is InChI=1S/C12H8ClFN2O/c13-8-3-1-4-9(7-8)16-12(17)10-5-2-6-15-11(10)14/h1-7H,(H,16,17). The topological polar surface area (TPSA) is 42.0 Å². The first-order valence-corrected chi connectivity index (χ1v) is 5.22. The van der Waals surface area contributed by atoms with E-state index < -0.39 is 11.9 Å². The molecule has 0 unspecified atom stereocenters. The summed E-state index contributed by atoms with van der Waals surface area (Å²) in [6.07, 6.45) is 1.28. The van der Waals surface area contributed by atoms with Crippen LogP contribution in [0.5, 0.6) is 0 Å². The summed E-state index contributed by atoms with van der Waals surface area (Å²) in [5.41, 5.74) is 0.401. The second-order valence-electron chi connectivity index (χ2n) is 3.31. The Morgan fingerprint density at radius 2 is 2.12 bits per heavy atom. The molecule has 2 aromatic rings. The maximum absolute atomic E-state index is 13.2. The van der Waals surface area contributed by atoms with Crippen molar-refractivity contribution in [1.29, 1.82) is 0 Å². The summed E-state index contributed by atoms with van der Waals surface area (Å²) >= 11 is 5.77. The van der Waals surface area contributed by atoms with Gasteiger partial charge in [0, 0.05) is 16.9 Å². The van der Waals surface area contributed by atoms with Crippen molar-refractivity contribution >= 4 is 23.2 Å². The molecule has 2 rings (SSSR count). The SMILES string of the molecule is O=C(Nc1cccc(Cl)c1)c1cccnc1F. The highest BCUT2D eigenvalue weighted by molar-refractivity contribution is 6.30. The van der Waals surface area contributed by atoms with Crippen LogP contribution in [0.25, 0.3) is 0 Å². The van der Waals surface area contributed by atoms with Gasteiger partial charge >= 0.3 is 0 Å². The van der Waals surface area contributed by atoms with Crippen molar-refractivity contribution in [1.82, 2.24) is 4.98 Å². The molecule has 0 aliphatic heterocycles. The van der Waals surface area contributed by atoms with E-state index in [-0.39, 0.29) is 5.56 Å². The fourth-order valence-corrected chi connectivity index (χ4v) is 1.51. The van der Waals surface area contributed by atoms with Crippen LogP contribution in [0.1, 0.15) is 10.4 Å². The summed E-state index contributed by atoms with van der Waals surface area (Å²) in [6.45, 7) is 0. The predicted molar refractivity (Wildman–Crippen MR) is 63.6 cm³/mol. The number of aromatic nitrogens is 1. The number of halogens is 2. The van der Waals surface area contributed by atoms with Crippen molar-refractivity contribution in [3.05, 3.63) is 59.1 Å². The molecule has 0 fully saturated rings. The largest absolute Gasteiger partial charge is 0.322 e. The molecule has 1 N–H and O–H groups in total. The van der Waals surface area contributed by atoms with Crippen LogP contribution < -0.4 is 5.32 Å². The molecule has 0 radical (unpaired) electrons. The molecule has 0 bridgehead atoms. The van der Waals surface area contributed by atoms with E-state index in [1.807, 2.05) is 0 Å². The number of carbonyl (C=O) groups is 1. The van der Waals surface area contributed by atoms with E-state index in [2.05, 4.69) is 10.3 Å². The maximum atomic E-state index is 13.2. The highest BCUT2D eigenvalue weighted by atomic mass is 35.5. The van der Waals surface area contributed by atoms with Crippen LogP contribution in [0.3, 0.4) is 0 Å². The molecule has 0 spiro atoms. The lowest BCUT2D eigenvalue weighted by molar-refractivity contribution is 0.102. The van der Waals surface area contributed by atoms with Crippen molar-refractivity contribution in [2.45, 2.75) is 0 Å². The average molecular weight is 251 g/mol. The minimum absolute atomic E-state index is 0.104. The number of carbonyl (C=O) groups excluding carboxylic acids is 1. The molecule has 3 nitrogen and oxygen atoms in total. The summed E-state index contributed by atoms with van der Waals surface area (Å²) in [7, 11) is 0. The van der Waals surface area contributed by atoms with Crippen LogP contribution in [-0.4, -0.2) is 10.9 Å². The van der Waals surface area contributed by atoms with Gasteiger partial charge in [-0.2, -0.15) is 4.39 Å². The zero-order valence-electron chi connectivity index (χ0n) is 8.65. The summed E-state index contributed by atoms with van der Waals surface area (Å²) in [4.78, 5) is 15.1. The fraction of sp³-hybridized carbons (Fsp3) is 0. The van der Waals surface area contributed by atoms with Crippen molar-refractivity contribution < 1.29 is 9.18 Å². The summed E-state index contributed by atoms with van der Waals surface area (Å²) in [6, 6.07) is 9.48. The first kappa shape index (κ1) is 11.5. The Morgan fingerprint density at radius 3 is 2.82 bits per heavy atom. The third-order valence-electron chi connectivity index (χ3n) is 2.09. The molecule has 0 atom stereocenters. The van der Waals surface area contributed by atoms with Gasteiger partial charge < -0.3 is 5.32 Å². The van der Waals surface area contributed by atoms with Crippen molar-refractivity contribution in [2.75, 3.05) is 5.32 Å². The molecule has 1 aromatic carbocycles. The van der Waals surface area contributed by atoms with E-state index in [0.717, 1.165) is 0 Å². The van der Waals surface area contributed by atoms with Gasteiger partial charge in [-0.15, -0.1) is 0 Å². The zero-order valence-corrected chi connectivity index (χ0v) is 9.41. The third-order valence-corrected chi connectivity index (χ3v) is 2.32. The van der Waals surface area contributed by atoms with E-state index in [0.29, 0.717) is 10.7 Å². The van der Waals surface area contributed by atoms with Crippen molar-refractivity contribution in [3.8, 4) is 0 Å². The van der Waals surface area contributed by atoms with E-state index in [1.165, 1.54) is 18.3 Å². The number of rotatable bonds is 2. The van der Waals surface area contributed by atoms with Crippen molar-refractivity contribution in [2.24, 2.45) is 0 Å². The monoisotopic (exact) mass is 250 g/mol. The summed E-state index contributed by atoms with van der Waals surface area (Å²) < 4.78 is 13.2. The minimum Gasteiger partial charge on any atom is -0.322 e. The van der Waals surface area contributed by atoms with Gasteiger partial charge in [0.05, 0.1) is 5.56 Å². The summed E-state index contributed by atoms with van der Waals surface area (Å²) in [5.74, 6) is -1.36. The van der Waals surface area contributed by atoms with Gasteiger partial charge in [0.1, 0.15) is 0 Å². The van der Waals surface area contributed by atoms with Crippen molar-refractivity contribution in [3.63, 3.8) is 0 Å². The highest BCUT2D eigenvalue weighted by Crippen LogP contribution is 2.16. The van der Waals surface area contributed by atoms with Gasteiger partial charge in [-0.1, -0.05) is 17.7 Å². The normalized spacial score (nSPS) is 10.0. The molecule has 1 aromatic heterocycles. The molecule has 86 valence electrons. The predicted octanol–water partition coefficient (Wildman–Crippen LogP) is 3.13. The van der Waals surface area contributed by atoms with Crippen LogP contribution in [0.2, 0.25) is 5.02 Å². The quantitative estimate of drug-likeness (QED) is 0.832. The first-order chi connectivity index (χ1) is 8.16. The van der Waals surface area contributed by atoms with E-state index in [9.17, 15) is 9.18 Å². The lowest BCUT2D eigenvalue weighted by Crippen LogP contribution is -2.14. The van der Waals surface area contributed by atoms with Gasteiger partial charge in [-0.25, -0.2) is 4.98 Å². The molecule has 0 aliphatic rings. The lowest BCUT2D eigenvalue weighted by atomic mass is 10.2. The number of benzene rings is 1. The summed E-state index contributed by atoms with van der Waals surface area (Å²) in [5, 5.41) is 3.03. The number of nitrogens with one attached hydrogen (secondary N) is 1. The Kier molecular flexibility index (Phi) is 3.35. The molecule has 1 amide bonds. The second-order valence-corrected chi connectivity index (χ2v) is 3.74. The minimum atomic E-state index is -0.799. The molecule has 17 heavy (non-hydrogen) atoms. The smallest absolute Gasteiger partial charge is 0.260 e. The maximum Gasteiger partial charge on any atom is 0.260 e. The molecular formula is C12H8ClFN2O. The van der Waals surface area contributed by atoms with Crippen LogP contribution in [0.15, 0.2) is 42.6 Å². The molecule has 5 heteroatoms. The van der Waals surface area contributed by atoms with E-state index in [4.69, 9.17) is 11.6 Å². The molecule has 1 heterocycles. The Balaban J connectivity index is 2.20. The van der Waals surface area contributed by atoms with E-state index in [1.54, 1.807) is 24.3 Å². The van der Waals surface area contributed by atoms with Crippen LogP contribution in [0.4, 0.5) is 10.1 Å². The Labute approximate surface area is 102 Å². The molecule has 0 saturated carbocycles. The van der Waals surface area contributed by atoms with Gasteiger partial charge in [-0.3, -0.25) is 4.79 Å². The van der Waals surface area contributed by atoms with Crippen LogP contribution in [-0.2, 0) is 0 Å². The number of anilines is 1. The fourth-order valence-electron chi connectivity index (χ4n) is 1.32. The number of nitrogens with zero attached hydrogens (tertiary/aromatic N) is 1. The lowest BCUT2D eigenvalue weighted by Gasteiger charge is -2.05. The number of hydrogen-bond donors (Lipinski definition) is 1. The van der Waals surface area contributed by atoms with Crippen LogP contribution >= 0.6 is 11.6 Å². The number of pyridine rings is 1. The van der Waals surface area contributed by atoms with Gasteiger partial charge in [0.15, 0.2) is 0 Å². The third kappa shape index (κ3) is 2.79. The molecule has 0 aliphatic carbocycles. The molecular weight excluding hydrogens is 243 g/mol. The van der Waals surface area contributed by atoms with Gasteiger partial charge in [-0.05, 0) is 30.3 Å². The molecule has 0 saturated heterocycles. The number of hydrogen-bond acceptors (Lipinski definition) is 2. The zero-order chi connectivity index (χ0) is 12.3. The Morgan fingerprint density at radius 1 is 1.29 bits per heavy atom. The first-order valence-electron chi connectivity index (χ1n) is 4.84. The second kappa shape index (κ2) is 4.93. The van der Waals surface area contributed by atoms with Gasteiger partial charge in [0.2, 0.25) is 5.95 Å². The van der Waals surface area contributed by atoms with E-state index >= 15 is 0 Å². The van der Waals surface area contributed by atoms with Gasteiger partial charge in [0.25, 0.3) is 5.91 Å². The van der Waals surface area contributed by atoms with Crippen LogP contribution in [0, 0.1) is 5.95 Å². The Bertz CT molecular complexity index is 560. The Hall–Kier alpha value is -1.94. The highest BCUT2D eigenvalue weighted by Gasteiger charge is 2.11. The number of amides is 1.